The number of halogens is 1. The van der Waals surface area contributed by atoms with Crippen LogP contribution in [0.5, 0.6) is 0 Å². The number of rotatable bonds is 3. The molecule has 0 bridgehead atoms. The molecule has 94 valence electrons. The van der Waals surface area contributed by atoms with Crippen molar-refractivity contribution < 1.29 is 19.7 Å². The number of aromatic amines is 1. The minimum atomic E-state index is -1.11. The molecule has 4 atom stereocenters. The molecule has 1 aliphatic heterocycles. The molecule has 0 aliphatic carbocycles. The van der Waals surface area contributed by atoms with E-state index in [2.05, 4.69) is 15.2 Å². The lowest BCUT2D eigenvalue weighted by Gasteiger charge is -2.10. The van der Waals surface area contributed by atoms with Gasteiger partial charge in [0.05, 0.1) is 6.10 Å². The number of nitrogens with zero attached hydrogens (tertiary/aromatic N) is 2. The number of nitrogens with one attached hydrogen (secondary N) is 1. The highest BCUT2D eigenvalue weighted by molar-refractivity contribution is 14.1. The smallest absolute Gasteiger partial charge is 0.288 e. The first-order valence-electron chi connectivity index (χ1n) is 4.84. The predicted molar refractivity (Wildman–Crippen MR) is 63.4 cm³/mol. The fourth-order valence-corrected chi connectivity index (χ4v) is 2.34. The topological polar surface area (TPSA) is 134 Å². The van der Waals surface area contributed by atoms with Crippen molar-refractivity contribution in [3.63, 3.8) is 0 Å². The van der Waals surface area contributed by atoms with Gasteiger partial charge in [-0.25, -0.2) is 4.98 Å². The van der Waals surface area contributed by atoms with Crippen LogP contribution in [-0.2, 0) is 4.74 Å². The van der Waals surface area contributed by atoms with Crippen molar-refractivity contribution in [2.45, 2.75) is 24.4 Å². The van der Waals surface area contributed by atoms with E-state index in [-0.39, 0.29) is 11.6 Å². The molecule has 1 amide bonds. The highest BCUT2D eigenvalue weighted by Gasteiger charge is 2.44. The van der Waals surface area contributed by atoms with Crippen molar-refractivity contribution in [1.29, 1.82) is 0 Å². The minimum Gasteiger partial charge on any atom is -0.388 e. The third-order valence-corrected chi connectivity index (χ3v) is 3.38. The number of carbonyl (C=O) groups excluding carboxylic acids is 1. The number of aliphatic hydroxyl groups is 2. The molecule has 2 heterocycles. The molecule has 9 heteroatoms. The van der Waals surface area contributed by atoms with Crippen LogP contribution in [0.1, 0.15) is 22.5 Å². The number of hydrogen-bond donors (Lipinski definition) is 4. The number of carbonyl (C=O) groups is 1. The van der Waals surface area contributed by atoms with Crippen LogP contribution >= 0.6 is 22.6 Å². The van der Waals surface area contributed by atoms with Gasteiger partial charge in [-0.05, 0) is 0 Å². The molecule has 0 aromatic carbocycles. The van der Waals surface area contributed by atoms with Crippen LogP contribution in [0.4, 0.5) is 0 Å². The van der Waals surface area contributed by atoms with Gasteiger partial charge in [0.15, 0.2) is 5.82 Å². The molecule has 2 rings (SSSR count). The molecular weight excluding hydrogens is 343 g/mol. The lowest BCUT2D eigenvalue weighted by molar-refractivity contribution is 0.0118. The van der Waals surface area contributed by atoms with Gasteiger partial charge in [-0.15, -0.1) is 5.10 Å². The molecule has 1 aromatic rings. The summed E-state index contributed by atoms with van der Waals surface area (Å²) in [6.07, 6.45) is -3.40. The first-order valence-corrected chi connectivity index (χ1v) is 6.36. The third-order valence-electron chi connectivity index (χ3n) is 2.51. The number of hydrogen-bond acceptors (Lipinski definition) is 6. The summed E-state index contributed by atoms with van der Waals surface area (Å²) in [5, 5.41) is 25.5. The Balaban J connectivity index is 2.19. The van der Waals surface area contributed by atoms with Gasteiger partial charge in [-0.2, -0.15) is 0 Å². The Labute approximate surface area is 110 Å². The fourth-order valence-electron chi connectivity index (χ4n) is 1.61. The average molecular weight is 354 g/mol. The van der Waals surface area contributed by atoms with Crippen LogP contribution in [-0.4, -0.2) is 54.0 Å². The van der Waals surface area contributed by atoms with Gasteiger partial charge < -0.3 is 20.7 Å². The predicted octanol–water partition coefficient (Wildman–Crippen LogP) is -1.50. The molecule has 1 fully saturated rings. The summed E-state index contributed by atoms with van der Waals surface area (Å²) in [6, 6.07) is 0. The molecule has 8 nitrogen and oxygen atoms in total. The normalized spacial score (nSPS) is 32.9. The summed E-state index contributed by atoms with van der Waals surface area (Å²) in [7, 11) is 0. The number of aromatic nitrogens is 3. The van der Waals surface area contributed by atoms with Gasteiger partial charge in [-0.1, -0.05) is 22.6 Å². The van der Waals surface area contributed by atoms with Crippen molar-refractivity contribution in [2.75, 3.05) is 4.43 Å². The zero-order valence-electron chi connectivity index (χ0n) is 8.58. The standard InChI is InChI=1S/C8H11IN4O4/c9-1-2-3(14)4(15)5(17-2)7-11-8(6(10)16)13-12-7/h2-5,14-15H,1H2,(H2,10,16)(H,11,12,13)/t2-,3-,4-,5-/m1/s1. The molecule has 0 radical (unpaired) electrons. The van der Waals surface area contributed by atoms with E-state index < -0.39 is 30.3 Å². The number of amides is 1. The number of ether oxygens (including phenoxy) is 1. The SMILES string of the molecule is NC(=O)c1n[nH]c([C@@H]2O[C@H](CI)[C@@H](O)[C@H]2O)n1. The number of primary amides is 1. The Bertz CT molecular complexity index is 425. The van der Waals surface area contributed by atoms with Gasteiger partial charge >= 0.3 is 0 Å². The third kappa shape index (κ3) is 2.27. The van der Waals surface area contributed by atoms with E-state index >= 15 is 0 Å². The molecule has 1 aliphatic rings. The highest BCUT2D eigenvalue weighted by Crippen LogP contribution is 2.32. The number of aliphatic hydroxyl groups excluding tert-OH is 2. The maximum Gasteiger partial charge on any atom is 0.288 e. The molecule has 0 spiro atoms. The van der Waals surface area contributed by atoms with Gasteiger partial charge in [0.25, 0.3) is 5.91 Å². The lowest BCUT2D eigenvalue weighted by Crippen LogP contribution is -2.31. The fraction of sp³-hybridized carbons (Fsp3) is 0.625. The van der Waals surface area contributed by atoms with Crippen LogP contribution in [0.25, 0.3) is 0 Å². The van der Waals surface area contributed by atoms with Gasteiger partial charge in [0.1, 0.15) is 18.3 Å². The lowest BCUT2D eigenvalue weighted by atomic mass is 10.1. The van der Waals surface area contributed by atoms with Crippen molar-refractivity contribution in [1.82, 2.24) is 15.2 Å². The van der Waals surface area contributed by atoms with Gasteiger partial charge in [-0.3, -0.25) is 9.89 Å². The van der Waals surface area contributed by atoms with Crippen molar-refractivity contribution >= 4 is 28.5 Å². The van der Waals surface area contributed by atoms with Crippen LogP contribution in [0.3, 0.4) is 0 Å². The van der Waals surface area contributed by atoms with E-state index in [0.29, 0.717) is 4.43 Å². The second-order valence-electron chi connectivity index (χ2n) is 3.64. The molecule has 0 saturated carbocycles. The second-order valence-corrected chi connectivity index (χ2v) is 4.52. The summed E-state index contributed by atoms with van der Waals surface area (Å²) in [4.78, 5) is 14.6. The minimum absolute atomic E-state index is 0.178. The second kappa shape index (κ2) is 4.84. The molecule has 5 N–H and O–H groups in total. The summed E-state index contributed by atoms with van der Waals surface area (Å²) >= 11 is 2.04. The Morgan fingerprint density at radius 1 is 1.53 bits per heavy atom. The Morgan fingerprint density at radius 2 is 2.24 bits per heavy atom. The van der Waals surface area contributed by atoms with Crippen LogP contribution in [0.2, 0.25) is 0 Å². The van der Waals surface area contributed by atoms with Crippen molar-refractivity contribution in [3.8, 4) is 0 Å². The van der Waals surface area contributed by atoms with E-state index in [1.54, 1.807) is 0 Å². The molecule has 1 saturated heterocycles. The first-order chi connectivity index (χ1) is 8.04. The number of H-pyrrole nitrogens is 1. The van der Waals surface area contributed by atoms with E-state index in [4.69, 9.17) is 10.5 Å². The average Bonchev–Trinajstić information content (AvgIpc) is 2.87. The van der Waals surface area contributed by atoms with E-state index in [1.807, 2.05) is 22.6 Å². The van der Waals surface area contributed by atoms with E-state index in [0.717, 1.165) is 0 Å². The monoisotopic (exact) mass is 354 g/mol. The Morgan fingerprint density at radius 3 is 2.71 bits per heavy atom. The summed E-state index contributed by atoms with van der Waals surface area (Å²) in [5.74, 6) is -0.771. The van der Waals surface area contributed by atoms with Gasteiger partial charge in [0.2, 0.25) is 5.82 Å². The zero-order chi connectivity index (χ0) is 12.6. The van der Waals surface area contributed by atoms with Crippen molar-refractivity contribution in [2.24, 2.45) is 5.73 Å². The molecule has 0 unspecified atom stereocenters. The summed E-state index contributed by atoms with van der Waals surface area (Å²) in [5.41, 5.74) is 5.00. The Kier molecular flexibility index (Phi) is 3.61. The molecular formula is C8H11IN4O4. The number of nitrogens with two attached hydrogens (primary N) is 1. The quantitative estimate of drug-likeness (QED) is 0.386. The van der Waals surface area contributed by atoms with Crippen molar-refractivity contribution in [3.05, 3.63) is 11.6 Å². The maximum absolute atomic E-state index is 10.8. The zero-order valence-corrected chi connectivity index (χ0v) is 10.7. The number of alkyl halides is 1. The van der Waals surface area contributed by atoms with Crippen LogP contribution < -0.4 is 5.73 Å². The first kappa shape index (κ1) is 12.7. The highest BCUT2D eigenvalue weighted by atomic mass is 127. The van der Waals surface area contributed by atoms with Gasteiger partial charge in [0, 0.05) is 4.43 Å². The largest absolute Gasteiger partial charge is 0.388 e. The van der Waals surface area contributed by atoms with Crippen LogP contribution in [0.15, 0.2) is 0 Å². The summed E-state index contributed by atoms with van der Waals surface area (Å²) < 4.78 is 5.95. The Hall–Kier alpha value is -0.780. The van der Waals surface area contributed by atoms with E-state index in [9.17, 15) is 15.0 Å². The molecule has 17 heavy (non-hydrogen) atoms. The van der Waals surface area contributed by atoms with Crippen LogP contribution in [0, 0.1) is 0 Å². The summed E-state index contributed by atoms with van der Waals surface area (Å²) in [6.45, 7) is 0. The van der Waals surface area contributed by atoms with E-state index in [1.165, 1.54) is 0 Å². The molecule has 1 aromatic heterocycles. The maximum atomic E-state index is 10.8.